The first-order valence-corrected chi connectivity index (χ1v) is 10.2. The third-order valence-corrected chi connectivity index (χ3v) is 5.54. The van der Waals surface area contributed by atoms with Gasteiger partial charge in [-0.25, -0.2) is 4.98 Å². The maximum Gasteiger partial charge on any atom is 0.256 e. The summed E-state index contributed by atoms with van der Waals surface area (Å²) in [7, 11) is 0. The van der Waals surface area contributed by atoms with E-state index in [-0.39, 0.29) is 12.7 Å². The Balaban J connectivity index is 1.60. The van der Waals surface area contributed by atoms with Crippen LogP contribution < -0.4 is 14.8 Å². The molecule has 31 heavy (non-hydrogen) atoms. The van der Waals surface area contributed by atoms with E-state index in [4.69, 9.17) is 14.5 Å². The minimum absolute atomic E-state index is 0.157. The summed E-state index contributed by atoms with van der Waals surface area (Å²) < 4.78 is 10.9. The van der Waals surface area contributed by atoms with E-state index < -0.39 is 0 Å². The van der Waals surface area contributed by atoms with Crippen molar-refractivity contribution in [1.82, 2.24) is 4.98 Å². The fourth-order valence-electron chi connectivity index (χ4n) is 4.13. The lowest BCUT2D eigenvalue weighted by Gasteiger charge is -2.15. The van der Waals surface area contributed by atoms with Gasteiger partial charge in [-0.05, 0) is 62.2 Å². The van der Waals surface area contributed by atoms with Gasteiger partial charge in [-0.3, -0.25) is 4.79 Å². The van der Waals surface area contributed by atoms with Crippen molar-refractivity contribution in [2.24, 2.45) is 0 Å². The summed E-state index contributed by atoms with van der Waals surface area (Å²) in [5.74, 6) is 1.24. The lowest BCUT2D eigenvalue weighted by atomic mass is 10.0. The smallest absolute Gasteiger partial charge is 0.256 e. The Kier molecular flexibility index (Phi) is 4.59. The van der Waals surface area contributed by atoms with Gasteiger partial charge in [0.25, 0.3) is 5.91 Å². The Morgan fingerprint density at radius 3 is 2.45 bits per heavy atom. The van der Waals surface area contributed by atoms with Gasteiger partial charge in [0.1, 0.15) is 0 Å². The average Bonchev–Trinajstić information content (AvgIpc) is 3.23. The van der Waals surface area contributed by atoms with Crippen LogP contribution >= 0.6 is 0 Å². The average molecular weight is 410 g/mol. The Labute approximate surface area is 180 Å². The van der Waals surface area contributed by atoms with Crippen molar-refractivity contribution in [3.8, 4) is 22.8 Å². The summed E-state index contributed by atoms with van der Waals surface area (Å²) in [6, 6.07) is 19.4. The van der Waals surface area contributed by atoms with E-state index in [1.807, 2.05) is 62.4 Å². The van der Waals surface area contributed by atoms with Crippen molar-refractivity contribution in [2.45, 2.75) is 20.8 Å². The third-order valence-electron chi connectivity index (χ3n) is 5.54. The summed E-state index contributed by atoms with van der Waals surface area (Å²) in [5, 5.41) is 3.94. The van der Waals surface area contributed by atoms with E-state index in [1.54, 1.807) is 0 Å². The van der Waals surface area contributed by atoms with Gasteiger partial charge in [0.05, 0.1) is 16.8 Å². The lowest BCUT2D eigenvalue weighted by Crippen LogP contribution is -2.15. The number of benzene rings is 3. The SMILES string of the molecule is Cc1cc(C)c(NC(=O)c2cc(-c3ccc4c(c3)OCO4)nc3ccccc23)c(C)c1. The standard InChI is InChI=1S/C26H22N2O3/c1-15-10-16(2)25(17(3)11-15)28-26(29)20-13-22(27-21-7-5-4-6-19(20)21)18-8-9-23-24(12-18)31-14-30-23/h4-13H,14H2,1-3H3,(H,28,29). The zero-order valence-corrected chi connectivity index (χ0v) is 17.7. The van der Waals surface area contributed by atoms with Gasteiger partial charge < -0.3 is 14.8 Å². The molecule has 1 aromatic heterocycles. The molecule has 5 rings (SSSR count). The summed E-state index contributed by atoms with van der Waals surface area (Å²) in [5.41, 5.74) is 7.03. The number of rotatable bonds is 3. The van der Waals surface area contributed by atoms with Crippen molar-refractivity contribution in [2.75, 3.05) is 12.1 Å². The number of aryl methyl sites for hydroxylation is 3. The molecule has 154 valence electrons. The Morgan fingerprint density at radius 1 is 0.903 bits per heavy atom. The van der Waals surface area contributed by atoms with Crippen LogP contribution in [0.4, 0.5) is 5.69 Å². The van der Waals surface area contributed by atoms with E-state index in [0.717, 1.165) is 33.3 Å². The van der Waals surface area contributed by atoms with Crippen LogP contribution in [0, 0.1) is 20.8 Å². The highest BCUT2D eigenvalue weighted by Crippen LogP contribution is 2.36. The summed E-state index contributed by atoms with van der Waals surface area (Å²) in [6.07, 6.45) is 0. The Bertz CT molecular complexity index is 1320. The summed E-state index contributed by atoms with van der Waals surface area (Å²) >= 11 is 0. The van der Waals surface area contributed by atoms with Gasteiger partial charge in [-0.1, -0.05) is 35.9 Å². The molecule has 0 saturated heterocycles. The number of amides is 1. The Hall–Kier alpha value is -3.86. The van der Waals surface area contributed by atoms with Gasteiger partial charge in [-0.15, -0.1) is 0 Å². The van der Waals surface area contributed by atoms with E-state index in [9.17, 15) is 4.79 Å². The van der Waals surface area contributed by atoms with Crippen LogP contribution in [-0.2, 0) is 0 Å². The van der Waals surface area contributed by atoms with Crippen LogP contribution in [0.15, 0.2) is 60.7 Å². The van der Waals surface area contributed by atoms with E-state index in [2.05, 4.69) is 24.4 Å². The van der Waals surface area contributed by atoms with Gasteiger partial charge in [0.15, 0.2) is 11.5 Å². The monoisotopic (exact) mass is 410 g/mol. The minimum atomic E-state index is -0.157. The molecule has 2 heterocycles. The predicted molar refractivity (Wildman–Crippen MR) is 122 cm³/mol. The van der Waals surface area contributed by atoms with Crippen LogP contribution in [0.5, 0.6) is 11.5 Å². The maximum absolute atomic E-state index is 13.4. The lowest BCUT2D eigenvalue weighted by molar-refractivity contribution is 0.102. The molecule has 5 heteroatoms. The molecular formula is C26H22N2O3. The molecule has 0 atom stereocenters. The zero-order valence-electron chi connectivity index (χ0n) is 17.7. The molecule has 0 radical (unpaired) electrons. The van der Waals surface area contributed by atoms with Crippen molar-refractivity contribution in [3.05, 3.63) is 82.9 Å². The third kappa shape index (κ3) is 3.48. The molecule has 1 aliphatic rings. The van der Waals surface area contributed by atoms with Gasteiger partial charge in [-0.2, -0.15) is 0 Å². The number of aromatic nitrogens is 1. The molecule has 0 spiro atoms. The number of carbonyl (C=O) groups excluding carboxylic acids is 1. The molecule has 1 N–H and O–H groups in total. The second kappa shape index (κ2) is 7.43. The number of carbonyl (C=O) groups is 1. The first-order valence-electron chi connectivity index (χ1n) is 10.2. The highest BCUT2D eigenvalue weighted by molar-refractivity contribution is 6.13. The van der Waals surface area contributed by atoms with Crippen LogP contribution in [0.1, 0.15) is 27.0 Å². The van der Waals surface area contributed by atoms with Crippen LogP contribution in [0.2, 0.25) is 0 Å². The van der Waals surface area contributed by atoms with E-state index >= 15 is 0 Å². The van der Waals surface area contributed by atoms with Crippen LogP contribution in [0.25, 0.3) is 22.2 Å². The predicted octanol–water partition coefficient (Wildman–Crippen LogP) is 5.81. The largest absolute Gasteiger partial charge is 0.454 e. The van der Waals surface area contributed by atoms with Crippen LogP contribution in [0.3, 0.4) is 0 Å². The van der Waals surface area contributed by atoms with Crippen molar-refractivity contribution in [3.63, 3.8) is 0 Å². The number of nitrogens with one attached hydrogen (secondary N) is 1. The topological polar surface area (TPSA) is 60.5 Å². The second-order valence-electron chi connectivity index (χ2n) is 7.87. The number of anilines is 1. The molecule has 0 unspecified atom stereocenters. The number of para-hydroxylation sites is 1. The minimum Gasteiger partial charge on any atom is -0.454 e. The first-order chi connectivity index (χ1) is 15.0. The normalized spacial score (nSPS) is 12.2. The van der Waals surface area contributed by atoms with Gasteiger partial charge in [0.2, 0.25) is 6.79 Å². The Morgan fingerprint density at radius 2 is 1.65 bits per heavy atom. The van der Waals surface area contributed by atoms with Gasteiger partial charge >= 0.3 is 0 Å². The fourth-order valence-corrected chi connectivity index (χ4v) is 4.13. The summed E-state index contributed by atoms with van der Waals surface area (Å²) in [6.45, 7) is 6.29. The fraction of sp³-hybridized carbons (Fsp3) is 0.154. The molecule has 0 fully saturated rings. The highest BCUT2D eigenvalue weighted by atomic mass is 16.7. The zero-order chi connectivity index (χ0) is 21.5. The quantitative estimate of drug-likeness (QED) is 0.463. The molecule has 0 bridgehead atoms. The number of hydrogen-bond acceptors (Lipinski definition) is 4. The number of ether oxygens (including phenoxy) is 2. The maximum atomic E-state index is 13.4. The molecular weight excluding hydrogens is 388 g/mol. The number of hydrogen-bond donors (Lipinski definition) is 1. The molecule has 1 aliphatic heterocycles. The molecule has 4 aromatic rings. The van der Waals surface area contributed by atoms with Gasteiger partial charge in [0, 0.05) is 16.6 Å². The molecule has 0 saturated carbocycles. The van der Waals surface area contributed by atoms with Crippen molar-refractivity contribution in [1.29, 1.82) is 0 Å². The summed E-state index contributed by atoms with van der Waals surface area (Å²) in [4.78, 5) is 18.2. The first kappa shape index (κ1) is 19.1. The molecule has 0 aliphatic carbocycles. The molecule has 1 amide bonds. The molecule has 5 nitrogen and oxygen atoms in total. The second-order valence-corrected chi connectivity index (χ2v) is 7.87. The number of nitrogens with zero attached hydrogens (tertiary/aromatic N) is 1. The van der Waals surface area contributed by atoms with E-state index in [0.29, 0.717) is 22.8 Å². The molecule has 3 aromatic carbocycles. The number of pyridine rings is 1. The van der Waals surface area contributed by atoms with Crippen LogP contribution in [-0.4, -0.2) is 17.7 Å². The number of fused-ring (bicyclic) bond motifs is 2. The van der Waals surface area contributed by atoms with Crippen molar-refractivity contribution < 1.29 is 14.3 Å². The van der Waals surface area contributed by atoms with E-state index in [1.165, 1.54) is 5.56 Å². The van der Waals surface area contributed by atoms with Crippen molar-refractivity contribution >= 4 is 22.5 Å². The highest BCUT2D eigenvalue weighted by Gasteiger charge is 2.18.